The van der Waals surface area contributed by atoms with Crippen LogP contribution in [0.1, 0.15) is 36.8 Å². The third-order valence-electron chi connectivity index (χ3n) is 3.20. The van der Waals surface area contributed by atoms with Crippen LogP contribution < -0.4 is 0 Å². The smallest absolute Gasteiger partial charge is 0.0270 e. The van der Waals surface area contributed by atoms with Crippen LogP contribution in [0.15, 0.2) is 49.1 Å². The van der Waals surface area contributed by atoms with Crippen molar-refractivity contribution in [3.05, 3.63) is 60.2 Å². The van der Waals surface area contributed by atoms with Gasteiger partial charge in [0.2, 0.25) is 0 Å². The van der Waals surface area contributed by atoms with Gasteiger partial charge in [0, 0.05) is 24.8 Å². The fraction of sp³-hybridized carbons (Fsp3) is 0.333. The fourth-order valence-electron chi connectivity index (χ4n) is 2.13. The Labute approximate surface area is 103 Å². The molecule has 0 saturated carbocycles. The summed E-state index contributed by atoms with van der Waals surface area (Å²) in [6.07, 6.45) is 11.0. The van der Waals surface area contributed by atoms with Gasteiger partial charge in [0.05, 0.1) is 0 Å². The topological polar surface area (TPSA) is 25.8 Å². The van der Waals surface area contributed by atoms with E-state index in [-0.39, 0.29) is 0 Å². The lowest BCUT2D eigenvalue weighted by molar-refractivity contribution is 0.605. The second-order valence-electron chi connectivity index (χ2n) is 4.28. The molecule has 0 saturated heterocycles. The van der Waals surface area contributed by atoms with Crippen molar-refractivity contribution in [3.8, 4) is 0 Å². The summed E-state index contributed by atoms with van der Waals surface area (Å²) in [5, 5.41) is 0. The Morgan fingerprint density at radius 3 is 2.12 bits per heavy atom. The second kappa shape index (κ2) is 6.14. The molecule has 0 fully saturated rings. The van der Waals surface area contributed by atoms with Crippen LogP contribution in [-0.4, -0.2) is 9.97 Å². The first-order chi connectivity index (χ1) is 8.40. The third-order valence-corrected chi connectivity index (χ3v) is 3.20. The SMILES string of the molecule is CCC(CCc1ccncc1)c1ccncc1. The summed E-state index contributed by atoms with van der Waals surface area (Å²) < 4.78 is 0. The van der Waals surface area contributed by atoms with Gasteiger partial charge >= 0.3 is 0 Å². The molecule has 2 rings (SSSR count). The van der Waals surface area contributed by atoms with Gasteiger partial charge in [0.25, 0.3) is 0 Å². The summed E-state index contributed by atoms with van der Waals surface area (Å²) in [7, 11) is 0. The lowest BCUT2D eigenvalue weighted by Crippen LogP contribution is -2.00. The molecular weight excluding hydrogens is 208 g/mol. The van der Waals surface area contributed by atoms with Crippen molar-refractivity contribution >= 4 is 0 Å². The van der Waals surface area contributed by atoms with E-state index in [0.717, 1.165) is 6.42 Å². The molecular formula is C15H18N2. The number of nitrogens with zero attached hydrogens (tertiary/aromatic N) is 2. The van der Waals surface area contributed by atoms with Crippen LogP contribution in [0.2, 0.25) is 0 Å². The first-order valence-electron chi connectivity index (χ1n) is 6.19. The fourth-order valence-corrected chi connectivity index (χ4v) is 2.13. The van der Waals surface area contributed by atoms with Crippen LogP contribution in [0.3, 0.4) is 0 Å². The molecule has 2 aromatic rings. The van der Waals surface area contributed by atoms with Gasteiger partial charge in [-0.05, 0) is 60.6 Å². The van der Waals surface area contributed by atoms with E-state index in [1.807, 2.05) is 24.8 Å². The minimum atomic E-state index is 0.631. The van der Waals surface area contributed by atoms with E-state index in [1.54, 1.807) is 0 Å². The molecule has 0 radical (unpaired) electrons. The average Bonchev–Trinajstić information content (AvgIpc) is 2.42. The van der Waals surface area contributed by atoms with E-state index in [1.165, 1.54) is 24.0 Å². The Kier molecular flexibility index (Phi) is 4.25. The molecule has 0 aliphatic carbocycles. The maximum absolute atomic E-state index is 4.07. The average molecular weight is 226 g/mol. The maximum Gasteiger partial charge on any atom is 0.0270 e. The molecule has 2 nitrogen and oxygen atoms in total. The molecule has 2 aromatic heterocycles. The first kappa shape index (κ1) is 11.8. The second-order valence-corrected chi connectivity index (χ2v) is 4.28. The molecule has 0 N–H and O–H groups in total. The van der Waals surface area contributed by atoms with Crippen LogP contribution >= 0.6 is 0 Å². The first-order valence-corrected chi connectivity index (χ1v) is 6.19. The number of hydrogen-bond donors (Lipinski definition) is 0. The van der Waals surface area contributed by atoms with Crippen LogP contribution in [0.5, 0.6) is 0 Å². The number of pyridine rings is 2. The zero-order valence-corrected chi connectivity index (χ0v) is 10.2. The Bertz CT molecular complexity index is 425. The molecule has 0 aliphatic rings. The van der Waals surface area contributed by atoms with E-state index in [0.29, 0.717) is 5.92 Å². The van der Waals surface area contributed by atoms with Crippen molar-refractivity contribution < 1.29 is 0 Å². The highest BCUT2D eigenvalue weighted by Crippen LogP contribution is 2.24. The summed E-state index contributed by atoms with van der Waals surface area (Å²) in [5.41, 5.74) is 2.77. The Hall–Kier alpha value is -1.70. The summed E-state index contributed by atoms with van der Waals surface area (Å²) in [6.45, 7) is 2.25. The minimum absolute atomic E-state index is 0.631. The van der Waals surface area contributed by atoms with E-state index in [4.69, 9.17) is 0 Å². The molecule has 0 aliphatic heterocycles. The quantitative estimate of drug-likeness (QED) is 0.778. The summed E-state index contributed by atoms with van der Waals surface area (Å²) in [6, 6.07) is 8.44. The molecule has 2 heterocycles. The highest BCUT2D eigenvalue weighted by Gasteiger charge is 2.08. The van der Waals surface area contributed by atoms with Gasteiger partial charge in [0.15, 0.2) is 0 Å². The predicted molar refractivity (Wildman–Crippen MR) is 69.8 cm³/mol. The van der Waals surface area contributed by atoms with E-state index < -0.39 is 0 Å². The van der Waals surface area contributed by atoms with Crippen LogP contribution in [0.4, 0.5) is 0 Å². The van der Waals surface area contributed by atoms with Crippen LogP contribution in [-0.2, 0) is 6.42 Å². The summed E-state index contributed by atoms with van der Waals surface area (Å²) >= 11 is 0. The molecule has 0 aromatic carbocycles. The molecule has 0 spiro atoms. The zero-order chi connectivity index (χ0) is 11.9. The highest BCUT2D eigenvalue weighted by atomic mass is 14.6. The zero-order valence-electron chi connectivity index (χ0n) is 10.2. The van der Waals surface area contributed by atoms with Crippen molar-refractivity contribution in [2.45, 2.75) is 32.1 Å². The van der Waals surface area contributed by atoms with Crippen molar-refractivity contribution in [3.63, 3.8) is 0 Å². The van der Waals surface area contributed by atoms with E-state index >= 15 is 0 Å². The number of hydrogen-bond acceptors (Lipinski definition) is 2. The van der Waals surface area contributed by atoms with Gasteiger partial charge < -0.3 is 0 Å². The Balaban J connectivity index is 1.97. The molecule has 0 amide bonds. The van der Waals surface area contributed by atoms with Crippen LogP contribution in [0, 0.1) is 0 Å². The third kappa shape index (κ3) is 3.38. The number of rotatable bonds is 5. The van der Waals surface area contributed by atoms with Gasteiger partial charge in [0.1, 0.15) is 0 Å². The van der Waals surface area contributed by atoms with Crippen molar-refractivity contribution in [2.24, 2.45) is 0 Å². The van der Waals surface area contributed by atoms with Crippen molar-refractivity contribution in [2.75, 3.05) is 0 Å². The Morgan fingerprint density at radius 2 is 1.53 bits per heavy atom. The van der Waals surface area contributed by atoms with Gasteiger partial charge in [-0.3, -0.25) is 9.97 Å². The molecule has 17 heavy (non-hydrogen) atoms. The van der Waals surface area contributed by atoms with Gasteiger partial charge in [-0.15, -0.1) is 0 Å². The van der Waals surface area contributed by atoms with Crippen molar-refractivity contribution in [1.29, 1.82) is 0 Å². The molecule has 1 unspecified atom stereocenters. The summed E-state index contributed by atoms with van der Waals surface area (Å²) in [4.78, 5) is 8.11. The lowest BCUT2D eigenvalue weighted by atomic mass is 9.91. The maximum atomic E-state index is 4.07. The highest BCUT2D eigenvalue weighted by molar-refractivity contribution is 5.17. The largest absolute Gasteiger partial charge is 0.265 e. The number of aromatic nitrogens is 2. The summed E-state index contributed by atoms with van der Waals surface area (Å²) in [5.74, 6) is 0.631. The van der Waals surface area contributed by atoms with Gasteiger partial charge in [-0.1, -0.05) is 6.92 Å². The minimum Gasteiger partial charge on any atom is -0.265 e. The normalized spacial score (nSPS) is 12.3. The van der Waals surface area contributed by atoms with E-state index in [9.17, 15) is 0 Å². The monoisotopic (exact) mass is 226 g/mol. The molecule has 1 atom stereocenters. The van der Waals surface area contributed by atoms with Crippen LogP contribution in [0.25, 0.3) is 0 Å². The van der Waals surface area contributed by atoms with Gasteiger partial charge in [-0.25, -0.2) is 0 Å². The molecule has 0 bridgehead atoms. The van der Waals surface area contributed by atoms with E-state index in [2.05, 4.69) is 41.2 Å². The van der Waals surface area contributed by atoms with Gasteiger partial charge in [-0.2, -0.15) is 0 Å². The number of aryl methyl sites for hydroxylation is 1. The predicted octanol–water partition coefficient (Wildman–Crippen LogP) is 3.60. The lowest BCUT2D eigenvalue weighted by Gasteiger charge is -2.14. The Morgan fingerprint density at radius 1 is 0.941 bits per heavy atom. The standard InChI is InChI=1S/C15H18N2/c1-2-14(15-7-11-17-12-8-15)4-3-13-5-9-16-10-6-13/h5-12,14H,2-4H2,1H3. The molecule has 2 heteroatoms. The van der Waals surface area contributed by atoms with Crippen molar-refractivity contribution in [1.82, 2.24) is 9.97 Å². The molecule has 88 valence electrons.